The highest BCUT2D eigenvalue weighted by molar-refractivity contribution is 7.14. The van der Waals surface area contributed by atoms with Crippen molar-refractivity contribution >= 4 is 16.5 Å². The van der Waals surface area contributed by atoms with Gasteiger partial charge in [-0.2, -0.15) is 0 Å². The van der Waals surface area contributed by atoms with Crippen molar-refractivity contribution in [2.75, 3.05) is 11.9 Å². The van der Waals surface area contributed by atoms with Gasteiger partial charge in [0.25, 0.3) is 0 Å². The van der Waals surface area contributed by atoms with Crippen LogP contribution in [0.25, 0.3) is 11.4 Å². The fraction of sp³-hybridized carbons (Fsp3) is 0.300. The lowest BCUT2D eigenvalue weighted by Crippen LogP contribution is -1.96. The lowest BCUT2D eigenvalue weighted by molar-refractivity contribution is 1.11. The van der Waals surface area contributed by atoms with E-state index in [0.29, 0.717) is 0 Å². The van der Waals surface area contributed by atoms with Crippen molar-refractivity contribution in [2.45, 2.75) is 13.8 Å². The molecule has 2 aromatic rings. The van der Waals surface area contributed by atoms with Gasteiger partial charge >= 0.3 is 0 Å². The zero-order valence-electron chi connectivity index (χ0n) is 8.69. The molecule has 1 N–H and O–H groups in total. The van der Waals surface area contributed by atoms with E-state index in [-0.39, 0.29) is 0 Å². The topological polar surface area (TPSA) is 50.7 Å². The molecule has 0 unspecified atom stereocenters. The molecule has 4 nitrogen and oxygen atoms in total. The maximum Gasteiger partial charge on any atom is 0.183 e. The maximum atomic E-state index is 4.44. The first kappa shape index (κ1) is 10.0. The smallest absolute Gasteiger partial charge is 0.183 e. The summed E-state index contributed by atoms with van der Waals surface area (Å²) in [6.45, 7) is 4.87. The molecule has 0 aliphatic carbocycles. The van der Waals surface area contributed by atoms with Crippen LogP contribution in [0.5, 0.6) is 0 Å². The lowest BCUT2D eigenvalue weighted by atomic mass is 10.3. The Morgan fingerprint density at radius 1 is 1.33 bits per heavy atom. The van der Waals surface area contributed by atoms with Crippen molar-refractivity contribution in [1.82, 2.24) is 15.0 Å². The van der Waals surface area contributed by atoms with Gasteiger partial charge in [0.05, 0.1) is 5.69 Å². The summed E-state index contributed by atoms with van der Waals surface area (Å²) >= 11 is 1.59. The molecule has 0 saturated heterocycles. The number of aromatic nitrogens is 3. The highest BCUT2D eigenvalue weighted by Crippen LogP contribution is 2.24. The van der Waals surface area contributed by atoms with Crippen molar-refractivity contribution in [1.29, 1.82) is 0 Å². The van der Waals surface area contributed by atoms with Crippen LogP contribution in [-0.4, -0.2) is 21.5 Å². The zero-order valence-corrected chi connectivity index (χ0v) is 9.51. The summed E-state index contributed by atoms with van der Waals surface area (Å²) in [6, 6.07) is 0. The summed E-state index contributed by atoms with van der Waals surface area (Å²) in [5, 5.41) is 6.10. The minimum atomic E-state index is 0.859. The Bertz CT molecular complexity index is 452. The molecule has 0 atom stereocenters. The highest BCUT2D eigenvalue weighted by atomic mass is 32.1. The zero-order chi connectivity index (χ0) is 10.7. The van der Waals surface area contributed by atoms with Crippen LogP contribution < -0.4 is 5.32 Å². The monoisotopic (exact) mass is 220 g/mol. The minimum Gasteiger partial charge on any atom is -0.362 e. The van der Waals surface area contributed by atoms with E-state index in [4.69, 9.17) is 0 Å². The molecule has 2 aromatic heterocycles. The third-order valence-electron chi connectivity index (χ3n) is 1.96. The van der Waals surface area contributed by atoms with E-state index < -0.39 is 0 Å². The van der Waals surface area contributed by atoms with Crippen LogP contribution in [0, 0.1) is 6.92 Å². The van der Waals surface area contributed by atoms with E-state index in [0.717, 1.165) is 28.8 Å². The predicted octanol–water partition coefficient (Wildman–Crippen LogP) is 2.34. The average Bonchev–Trinajstić information content (AvgIpc) is 2.68. The van der Waals surface area contributed by atoms with Gasteiger partial charge in [-0.05, 0) is 13.8 Å². The van der Waals surface area contributed by atoms with Gasteiger partial charge in [-0.3, -0.25) is 9.97 Å². The van der Waals surface area contributed by atoms with Gasteiger partial charge in [-0.15, -0.1) is 11.3 Å². The molecule has 0 bridgehead atoms. The van der Waals surface area contributed by atoms with E-state index in [1.165, 1.54) is 0 Å². The second-order valence-corrected chi connectivity index (χ2v) is 3.92. The van der Waals surface area contributed by atoms with E-state index in [9.17, 15) is 0 Å². The molecule has 5 heteroatoms. The second kappa shape index (κ2) is 4.35. The van der Waals surface area contributed by atoms with Gasteiger partial charge < -0.3 is 5.32 Å². The Morgan fingerprint density at radius 2 is 2.13 bits per heavy atom. The number of nitrogens with zero attached hydrogens (tertiary/aromatic N) is 3. The molecule has 0 aliphatic rings. The third-order valence-corrected chi connectivity index (χ3v) is 2.76. The molecule has 0 saturated carbocycles. The molecular formula is C10H12N4S. The van der Waals surface area contributed by atoms with E-state index in [1.54, 1.807) is 23.7 Å². The Morgan fingerprint density at radius 3 is 2.87 bits per heavy atom. The summed E-state index contributed by atoms with van der Waals surface area (Å²) in [6.07, 6.45) is 3.38. The fourth-order valence-electron chi connectivity index (χ4n) is 1.27. The molecule has 0 amide bonds. The molecule has 2 rings (SSSR count). The summed E-state index contributed by atoms with van der Waals surface area (Å²) in [5.74, 6) is 0. The number of hydrogen-bond acceptors (Lipinski definition) is 5. The summed E-state index contributed by atoms with van der Waals surface area (Å²) in [4.78, 5) is 12.9. The molecular weight excluding hydrogens is 208 g/mol. The number of thiazole rings is 1. The molecule has 78 valence electrons. The van der Waals surface area contributed by atoms with Crippen molar-refractivity contribution in [3.05, 3.63) is 23.5 Å². The Kier molecular flexibility index (Phi) is 2.91. The standard InChI is InChI=1S/C10H12N4S/c1-3-11-10-14-8(6-15-10)9-7(2)12-4-5-13-9/h4-6H,3H2,1-2H3,(H,11,14). The second-order valence-electron chi connectivity index (χ2n) is 3.06. The first-order chi connectivity index (χ1) is 7.31. The van der Waals surface area contributed by atoms with Crippen molar-refractivity contribution in [2.24, 2.45) is 0 Å². The molecule has 0 aliphatic heterocycles. The number of anilines is 1. The van der Waals surface area contributed by atoms with Gasteiger partial charge in [0.2, 0.25) is 0 Å². The largest absolute Gasteiger partial charge is 0.362 e. The van der Waals surface area contributed by atoms with Crippen LogP contribution in [0.15, 0.2) is 17.8 Å². The molecule has 15 heavy (non-hydrogen) atoms. The third kappa shape index (κ3) is 2.12. The first-order valence-corrected chi connectivity index (χ1v) is 5.66. The minimum absolute atomic E-state index is 0.859. The SMILES string of the molecule is CCNc1nc(-c2nccnc2C)cs1. The van der Waals surface area contributed by atoms with E-state index >= 15 is 0 Å². The summed E-state index contributed by atoms with van der Waals surface area (Å²) in [7, 11) is 0. The molecule has 0 fully saturated rings. The fourth-order valence-corrected chi connectivity index (χ4v) is 2.04. The number of hydrogen-bond donors (Lipinski definition) is 1. The predicted molar refractivity (Wildman–Crippen MR) is 62.0 cm³/mol. The first-order valence-electron chi connectivity index (χ1n) is 4.78. The normalized spacial score (nSPS) is 10.3. The van der Waals surface area contributed by atoms with Gasteiger partial charge in [-0.1, -0.05) is 0 Å². The number of aryl methyl sites for hydroxylation is 1. The van der Waals surface area contributed by atoms with Crippen molar-refractivity contribution in [3.8, 4) is 11.4 Å². The van der Waals surface area contributed by atoms with E-state index in [2.05, 4.69) is 27.2 Å². The van der Waals surface area contributed by atoms with Crippen LogP contribution in [0.3, 0.4) is 0 Å². The molecule has 2 heterocycles. The highest BCUT2D eigenvalue weighted by Gasteiger charge is 2.07. The van der Waals surface area contributed by atoms with Gasteiger partial charge in [0.15, 0.2) is 5.13 Å². The van der Waals surface area contributed by atoms with Gasteiger partial charge in [-0.25, -0.2) is 4.98 Å². The van der Waals surface area contributed by atoms with Crippen LogP contribution in [-0.2, 0) is 0 Å². The molecule has 0 radical (unpaired) electrons. The Balaban J connectivity index is 2.33. The van der Waals surface area contributed by atoms with Gasteiger partial charge in [0.1, 0.15) is 11.4 Å². The van der Waals surface area contributed by atoms with Crippen molar-refractivity contribution in [3.63, 3.8) is 0 Å². The Labute approximate surface area is 92.4 Å². The van der Waals surface area contributed by atoms with Gasteiger partial charge in [0, 0.05) is 24.3 Å². The average molecular weight is 220 g/mol. The van der Waals surface area contributed by atoms with Crippen LogP contribution in [0.4, 0.5) is 5.13 Å². The van der Waals surface area contributed by atoms with E-state index in [1.807, 2.05) is 12.3 Å². The van der Waals surface area contributed by atoms with Crippen LogP contribution in [0.2, 0.25) is 0 Å². The molecule has 0 spiro atoms. The maximum absolute atomic E-state index is 4.44. The number of rotatable bonds is 3. The van der Waals surface area contributed by atoms with Crippen LogP contribution in [0.1, 0.15) is 12.6 Å². The lowest BCUT2D eigenvalue weighted by Gasteiger charge is -1.98. The summed E-state index contributed by atoms with van der Waals surface area (Å²) < 4.78 is 0. The Hall–Kier alpha value is -1.49. The summed E-state index contributed by atoms with van der Waals surface area (Å²) in [5.41, 5.74) is 2.66. The quantitative estimate of drug-likeness (QED) is 0.862. The number of nitrogens with one attached hydrogen (secondary N) is 1. The van der Waals surface area contributed by atoms with Crippen molar-refractivity contribution < 1.29 is 0 Å². The molecule has 0 aromatic carbocycles. The van der Waals surface area contributed by atoms with Crippen LogP contribution >= 0.6 is 11.3 Å².